The number of rotatable bonds is 2. The number of aryl methyl sites for hydroxylation is 1. The zero-order valence-electron chi connectivity index (χ0n) is 9.62. The molecule has 1 heterocycles. The van der Waals surface area contributed by atoms with Gasteiger partial charge in [-0.1, -0.05) is 18.2 Å². The number of fused-ring (bicyclic) bond motifs is 1. The van der Waals surface area contributed by atoms with E-state index in [1.165, 1.54) is 0 Å². The molecule has 0 atom stereocenters. The summed E-state index contributed by atoms with van der Waals surface area (Å²) in [5.41, 5.74) is 1.68. The Morgan fingerprint density at radius 3 is 2.50 bits per heavy atom. The maximum atomic E-state index is 11.2. The van der Waals surface area contributed by atoms with Crippen molar-refractivity contribution >= 4 is 33.1 Å². The predicted octanol–water partition coefficient (Wildman–Crippen LogP) is 3.42. The van der Waals surface area contributed by atoms with E-state index in [-0.39, 0.29) is 0 Å². The number of hydrogen-bond acceptors (Lipinski definition) is 1. The van der Waals surface area contributed by atoms with Gasteiger partial charge in [-0.2, -0.15) is 0 Å². The van der Waals surface area contributed by atoms with E-state index in [0.717, 1.165) is 27.4 Å². The van der Waals surface area contributed by atoms with Gasteiger partial charge in [-0.15, -0.1) is 0 Å². The highest BCUT2D eigenvalue weighted by atomic mass is 79.9. The average molecular weight is 280 g/mol. The second kappa shape index (κ2) is 3.74. The third-order valence-corrected chi connectivity index (χ3v) is 3.75. The Balaban J connectivity index is 2.86. The highest BCUT2D eigenvalue weighted by Gasteiger charge is 2.27. The van der Waals surface area contributed by atoms with Crippen LogP contribution in [0.15, 0.2) is 28.7 Å². The first-order valence-electron chi connectivity index (χ1n) is 5.19. The number of para-hydroxylation sites is 1. The maximum Gasteiger partial charge on any atom is 0.131 e. The van der Waals surface area contributed by atoms with Crippen LogP contribution in [0.2, 0.25) is 0 Å². The fraction of sp³-hybridized carbons (Fsp3) is 0.308. The molecule has 0 spiro atoms. The zero-order chi connectivity index (χ0) is 11.9. The van der Waals surface area contributed by atoms with Crippen LogP contribution in [-0.4, -0.2) is 10.9 Å². The Morgan fingerprint density at radius 2 is 1.94 bits per heavy atom. The lowest BCUT2D eigenvalue weighted by Gasteiger charge is -2.19. The summed E-state index contributed by atoms with van der Waals surface area (Å²) >= 11 is 3.60. The number of carbonyl (C=O) groups is 1. The summed E-state index contributed by atoms with van der Waals surface area (Å²) in [5.74, 6) is 0. The second-order valence-electron chi connectivity index (χ2n) is 4.58. The van der Waals surface area contributed by atoms with Crippen LogP contribution < -0.4 is 0 Å². The highest BCUT2D eigenvalue weighted by molar-refractivity contribution is 9.10. The van der Waals surface area contributed by atoms with E-state index in [2.05, 4.69) is 32.6 Å². The zero-order valence-corrected chi connectivity index (χ0v) is 11.2. The fourth-order valence-electron chi connectivity index (χ4n) is 2.12. The van der Waals surface area contributed by atoms with Crippen LogP contribution in [0.3, 0.4) is 0 Å². The minimum absolute atomic E-state index is 0.480. The van der Waals surface area contributed by atoms with Gasteiger partial charge in [-0.3, -0.25) is 0 Å². The molecular weight excluding hydrogens is 266 g/mol. The summed E-state index contributed by atoms with van der Waals surface area (Å²) in [5, 5.41) is 1.15. The van der Waals surface area contributed by atoms with E-state index in [1.54, 1.807) is 0 Å². The fourth-order valence-corrected chi connectivity index (χ4v) is 3.23. The Morgan fingerprint density at radius 1 is 1.31 bits per heavy atom. The highest BCUT2D eigenvalue weighted by Crippen LogP contribution is 2.36. The molecule has 1 aromatic heterocycles. The van der Waals surface area contributed by atoms with Crippen molar-refractivity contribution < 1.29 is 4.79 Å². The van der Waals surface area contributed by atoms with E-state index in [0.29, 0.717) is 0 Å². The Kier molecular flexibility index (Phi) is 2.66. The van der Waals surface area contributed by atoms with Crippen LogP contribution in [0, 0.1) is 0 Å². The summed E-state index contributed by atoms with van der Waals surface area (Å²) in [6.07, 6.45) is 0.992. The van der Waals surface area contributed by atoms with Crippen molar-refractivity contribution in [2.45, 2.75) is 19.3 Å². The van der Waals surface area contributed by atoms with Crippen molar-refractivity contribution in [3.05, 3.63) is 34.4 Å². The number of benzene rings is 1. The first kappa shape index (κ1) is 11.4. The van der Waals surface area contributed by atoms with Gasteiger partial charge in [0.2, 0.25) is 0 Å². The van der Waals surface area contributed by atoms with E-state index in [4.69, 9.17) is 0 Å². The van der Waals surface area contributed by atoms with E-state index in [1.807, 2.05) is 33.0 Å². The molecule has 0 aliphatic rings. The molecule has 0 N–H and O–H groups in total. The first-order valence-corrected chi connectivity index (χ1v) is 5.98. The standard InChI is InChI=1S/C13H14BrNO/c1-13(2,8-16)12-11(14)9-6-4-5-7-10(9)15(12)3/h4-8H,1-3H3. The van der Waals surface area contributed by atoms with Gasteiger partial charge < -0.3 is 9.36 Å². The average Bonchev–Trinajstić information content (AvgIpc) is 2.53. The first-order chi connectivity index (χ1) is 7.49. The summed E-state index contributed by atoms with van der Waals surface area (Å²) < 4.78 is 3.09. The van der Waals surface area contributed by atoms with Gasteiger partial charge in [0, 0.05) is 28.1 Å². The molecule has 0 aliphatic carbocycles. The lowest BCUT2D eigenvalue weighted by molar-refractivity contribution is -0.111. The topological polar surface area (TPSA) is 22.0 Å². The number of aromatic nitrogens is 1. The minimum Gasteiger partial charge on any atom is -0.346 e. The van der Waals surface area contributed by atoms with Crippen molar-refractivity contribution in [2.24, 2.45) is 7.05 Å². The number of nitrogens with zero attached hydrogens (tertiary/aromatic N) is 1. The molecule has 3 heteroatoms. The van der Waals surface area contributed by atoms with Gasteiger partial charge in [0.25, 0.3) is 0 Å². The monoisotopic (exact) mass is 279 g/mol. The van der Waals surface area contributed by atoms with E-state index in [9.17, 15) is 4.79 Å². The summed E-state index contributed by atoms with van der Waals surface area (Å²) in [6.45, 7) is 3.86. The SMILES string of the molecule is Cn1c(C(C)(C)C=O)c(Br)c2ccccc21. The number of hydrogen-bond donors (Lipinski definition) is 0. The predicted molar refractivity (Wildman–Crippen MR) is 69.7 cm³/mol. The van der Waals surface area contributed by atoms with Gasteiger partial charge in [0.15, 0.2) is 0 Å². The van der Waals surface area contributed by atoms with Gasteiger partial charge in [-0.05, 0) is 35.8 Å². The minimum atomic E-state index is -0.480. The molecule has 2 aromatic rings. The van der Waals surface area contributed by atoms with Crippen LogP contribution in [0.5, 0.6) is 0 Å². The van der Waals surface area contributed by atoms with Crippen LogP contribution in [0.1, 0.15) is 19.5 Å². The quantitative estimate of drug-likeness (QED) is 0.773. The largest absolute Gasteiger partial charge is 0.346 e. The van der Waals surface area contributed by atoms with Crippen molar-refractivity contribution in [3.63, 3.8) is 0 Å². The third-order valence-electron chi connectivity index (χ3n) is 2.95. The maximum absolute atomic E-state index is 11.2. The van der Waals surface area contributed by atoms with Crippen LogP contribution in [-0.2, 0) is 17.3 Å². The molecule has 0 saturated carbocycles. The van der Waals surface area contributed by atoms with Crippen molar-refractivity contribution in [2.75, 3.05) is 0 Å². The Bertz CT molecular complexity index is 515. The smallest absolute Gasteiger partial charge is 0.131 e. The van der Waals surface area contributed by atoms with Gasteiger partial charge >= 0.3 is 0 Å². The molecule has 0 amide bonds. The molecule has 84 valence electrons. The molecule has 0 radical (unpaired) electrons. The van der Waals surface area contributed by atoms with Crippen molar-refractivity contribution in [1.82, 2.24) is 4.57 Å². The van der Waals surface area contributed by atoms with Gasteiger partial charge in [0.1, 0.15) is 6.29 Å². The molecule has 0 fully saturated rings. The number of carbonyl (C=O) groups excluding carboxylic acids is 1. The Labute approximate surface area is 103 Å². The number of aldehydes is 1. The summed E-state index contributed by atoms with van der Waals surface area (Å²) in [4.78, 5) is 11.2. The molecule has 16 heavy (non-hydrogen) atoms. The molecule has 2 rings (SSSR count). The molecule has 1 aromatic carbocycles. The van der Waals surface area contributed by atoms with Crippen molar-refractivity contribution in [1.29, 1.82) is 0 Å². The number of halogens is 1. The lowest BCUT2D eigenvalue weighted by Crippen LogP contribution is -2.22. The summed E-state index contributed by atoms with van der Waals surface area (Å²) in [6, 6.07) is 8.13. The van der Waals surface area contributed by atoms with Gasteiger partial charge in [0.05, 0.1) is 5.41 Å². The van der Waals surface area contributed by atoms with Gasteiger partial charge in [-0.25, -0.2) is 0 Å². The molecule has 0 saturated heterocycles. The Hall–Kier alpha value is -1.09. The molecular formula is C13H14BrNO. The normalized spacial score (nSPS) is 12.0. The van der Waals surface area contributed by atoms with Crippen LogP contribution in [0.4, 0.5) is 0 Å². The lowest BCUT2D eigenvalue weighted by atomic mass is 9.91. The van der Waals surface area contributed by atoms with E-state index >= 15 is 0 Å². The molecule has 0 unspecified atom stereocenters. The summed E-state index contributed by atoms with van der Waals surface area (Å²) in [7, 11) is 1.99. The van der Waals surface area contributed by atoms with Crippen LogP contribution >= 0.6 is 15.9 Å². The van der Waals surface area contributed by atoms with Crippen molar-refractivity contribution in [3.8, 4) is 0 Å². The van der Waals surface area contributed by atoms with Crippen LogP contribution in [0.25, 0.3) is 10.9 Å². The second-order valence-corrected chi connectivity index (χ2v) is 5.37. The molecule has 0 bridgehead atoms. The third kappa shape index (κ3) is 1.50. The van der Waals surface area contributed by atoms with E-state index < -0.39 is 5.41 Å². The molecule has 0 aliphatic heterocycles. The molecule has 2 nitrogen and oxygen atoms in total.